The van der Waals surface area contributed by atoms with E-state index in [0.29, 0.717) is 34.8 Å². The molecule has 5 rings (SSSR count). The van der Waals surface area contributed by atoms with Crippen LogP contribution in [0.3, 0.4) is 0 Å². The fourth-order valence-electron chi connectivity index (χ4n) is 4.48. The average molecular weight is 435 g/mol. The predicted molar refractivity (Wildman–Crippen MR) is 115 cm³/mol. The molecule has 31 heavy (non-hydrogen) atoms. The van der Waals surface area contributed by atoms with Gasteiger partial charge in [0.2, 0.25) is 9.84 Å². The zero-order valence-corrected chi connectivity index (χ0v) is 17.6. The van der Waals surface area contributed by atoms with E-state index in [0.717, 1.165) is 16.7 Å². The first kappa shape index (κ1) is 19.8. The number of ether oxygens (including phenoxy) is 1. The minimum absolute atomic E-state index is 0.0875. The third-order valence-corrected chi connectivity index (χ3v) is 8.06. The van der Waals surface area contributed by atoms with Crippen LogP contribution in [0.1, 0.15) is 41.6 Å². The van der Waals surface area contributed by atoms with Crippen molar-refractivity contribution < 1.29 is 23.1 Å². The van der Waals surface area contributed by atoms with Crippen LogP contribution in [-0.4, -0.2) is 19.5 Å². The highest BCUT2D eigenvalue weighted by molar-refractivity contribution is 7.91. The van der Waals surface area contributed by atoms with Crippen LogP contribution < -0.4 is 4.74 Å². The number of carbonyl (C=O) groups is 1. The number of benzene rings is 3. The van der Waals surface area contributed by atoms with Crippen molar-refractivity contribution in [3.63, 3.8) is 0 Å². The highest BCUT2D eigenvalue weighted by Crippen LogP contribution is 2.48. The first-order valence-electron chi connectivity index (χ1n) is 10.4. The zero-order valence-electron chi connectivity index (χ0n) is 16.8. The molecule has 0 bridgehead atoms. The van der Waals surface area contributed by atoms with Crippen molar-refractivity contribution in [2.45, 2.75) is 41.1 Å². The molecule has 2 aliphatic rings. The van der Waals surface area contributed by atoms with Gasteiger partial charge in [-0.1, -0.05) is 42.5 Å². The van der Waals surface area contributed by atoms with Gasteiger partial charge in [0.15, 0.2) is 0 Å². The topological polar surface area (TPSA) is 80.7 Å². The standard InChI is InChI=1S/C25H22O5S/c26-25(27)22-15-21(22)16-9-11-17(12-10-16)30-23-14-13-20-19(23)7-4-8-24(20)31(28,29)18-5-2-1-3-6-18/h1-12,21-23H,13-15H2,(H,26,27)/t21?,22?,23-/m1/s1. The summed E-state index contributed by atoms with van der Waals surface area (Å²) in [4.78, 5) is 11.7. The van der Waals surface area contributed by atoms with Gasteiger partial charge in [-0.3, -0.25) is 4.79 Å². The number of rotatable bonds is 6. The van der Waals surface area contributed by atoms with Gasteiger partial charge in [-0.25, -0.2) is 8.42 Å². The average Bonchev–Trinajstić information content (AvgIpc) is 3.50. The van der Waals surface area contributed by atoms with Crippen LogP contribution in [0.25, 0.3) is 0 Å². The molecule has 0 amide bonds. The summed E-state index contributed by atoms with van der Waals surface area (Å²) in [5, 5.41) is 9.11. The second-order valence-electron chi connectivity index (χ2n) is 8.14. The van der Waals surface area contributed by atoms with Gasteiger partial charge in [0.1, 0.15) is 11.9 Å². The fraction of sp³-hybridized carbons (Fsp3) is 0.240. The van der Waals surface area contributed by atoms with E-state index in [9.17, 15) is 13.2 Å². The van der Waals surface area contributed by atoms with Gasteiger partial charge >= 0.3 is 5.97 Å². The van der Waals surface area contributed by atoms with Crippen LogP contribution in [0, 0.1) is 5.92 Å². The van der Waals surface area contributed by atoms with Gasteiger partial charge in [0.05, 0.1) is 15.7 Å². The molecule has 1 N–H and O–H groups in total. The van der Waals surface area contributed by atoms with Gasteiger partial charge in [-0.05, 0) is 72.2 Å². The summed E-state index contributed by atoms with van der Waals surface area (Å²) in [6.07, 6.45) is 1.83. The maximum atomic E-state index is 13.2. The van der Waals surface area contributed by atoms with Crippen molar-refractivity contribution >= 4 is 15.8 Å². The second kappa shape index (κ2) is 7.54. The molecule has 1 fully saturated rings. The SMILES string of the molecule is O=C(O)C1CC1c1ccc(O[C@@H]2CCc3c2cccc3S(=O)(=O)c2ccccc2)cc1. The monoisotopic (exact) mass is 434 g/mol. The predicted octanol–water partition coefficient (Wildman–Crippen LogP) is 4.77. The molecule has 0 aromatic heterocycles. The Balaban J connectivity index is 1.37. The molecular weight excluding hydrogens is 412 g/mol. The Hall–Kier alpha value is -3.12. The molecule has 1 saturated carbocycles. The lowest BCUT2D eigenvalue weighted by Crippen LogP contribution is -2.07. The largest absolute Gasteiger partial charge is 0.486 e. The van der Waals surface area contributed by atoms with Crippen LogP contribution in [0.2, 0.25) is 0 Å². The van der Waals surface area contributed by atoms with E-state index in [1.165, 1.54) is 0 Å². The van der Waals surface area contributed by atoms with E-state index >= 15 is 0 Å². The van der Waals surface area contributed by atoms with Crippen molar-refractivity contribution in [1.82, 2.24) is 0 Å². The Bertz CT molecular complexity index is 1230. The van der Waals surface area contributed by atoms with Crippen molar-refractivity contribution in [3.8, 4) is 5.75 Å². The van der Waals surface area contributed by atoms with Gasteiger partial charge in [0.25, 0.3) is 0 Å². The molecule has 0 radical (unpaired) electrons. The van der Waals surface area contributed by atoms with Crippen LogP contribution in [0.15, 0.2) is 82.6 Å². The molecule has 2 aliphatic carbocycles. The molecule has 0 aliphatic heterocycles. The van der Waals surface area contributed by atoms with Gasteiger partial charge in [0, 0.05) is 0 Å². The summed E-state index contributed by atoms with van der Waals surface area (Å²) in [5.41, 5.74) is 2.76. The van der Waals surface area contributed by atoms with Gasteiger partial charge in [-0.2, -0.15) is 0 Å². The summed E-state index contributed by atoms with van der Waals surface area (Å²) in [7, 11) is -3.58. The first-order valence-corrected chi connectivity index (χ1v) is 11.8. The lowest BCUT2D eigenvalue weighted by Gasteiger charge is -2.16. The normalized spacial score (nSPS) is 22.0. The quantitative estimate of drug-likeness (QED) is 0.604. The Morgan fingerprint density at radius 1 is 0.935 bits per heavy atom. The molecule has 158 valence electrons. The minimum Gasteiger partial charge on any atom is -0.486 e. The number of fused-ring (bicyclic) bond motifs is 1. The smallest absolute Gasteiger partial charge is 0.307 e. The van der Waals surface area contributed by atoms with E-state index in [1.807, 2.05) is 30.3 Å². The fourth-order valence-corrected chi connectivity index (χ4v) is 6.05. The molecule has 3 aromatic carbocycles. The van der Waals surface area contributed by atoms with Crippen molar-refractivity contribution in [2.24, 2.45) is 5.92 Å². The van der Waals surface area contributed by atoms with E-state index in [-0.39, 0.29) is 17.9 Å². The second-order valence-corrected chi connectivity index (χ2v) is 10.1. The number of carboxylic acid groups (broad SMARTS) is 1. The number of hydrogen-bond acceptors (Lipinski definition) is 4. The molecule has 3 atom stereocenters. The van der Waals surface area contributed by atoms with Crippen LogP contribution in [0.5, 0.6) is 5.75 Å². The maximum Gasteiger partial charge on any atom is 0.307 e. The molecule has 0 saturated heterocycles. The van der Waals surface area contributed by atoms with Crippen LogP contribution >= 0.6 is 0 Å². The van der Waals surface area contributed by atoms with Crippen molar-refractivity contribution in [2.75, 3.05) is 0 Å². The molecule has 3 aromatic rings. The summed E-state index contributed by atoms with van der Waals surface area (Å²) in [6.45, 7) is 0. The van der Waals surface area contributed by atoms with Crippen molar-refractivity contribution in [1.29, 1.82) is 0 Å². The number of aliphatic carboxylic acids is 1. The van der Waals surface area contributed by atoms with E-state index < -0.39 is 15.8 Å². The summed E-state index contributed by atoms with van der Waals surface area (Å²) >= 11 is 0. The maximum absolute atomic E-state index is 13.2. The van der Waals surface area contributed by atoms with Crippen LogP contribution in [-0.2, 0) is 21.1 Å². The third-order valence-electron chi connectivity index (χ3n) is 6.21. The number of carboxylic acids is 1. The van der Waals surface area contributed by atoms with E-state index in [1.54, 1.807) is 42.5 Å². The van der Waals surface area contributed by atoms with Crippen LogP contribution in [0.4, 0.5) is 0 Å². The first-order chi connectivity index (χ1) is 14.9. The Morgan fingerprint density at radius 3 is 2.35 bits per heavy atom. The summed E-state index contributed by atoms with van der Waals surface area (Å²) < 4.78 is 32.5. The Kier molecular flexibility index (Phi) is 4.82. The molecule has 6 heteroatoms. The van der Waals surface area contributed by atoms with Crippen molar-refractivity contribution in [3.05, 3.63) is 89.5 Å². The van der Waals surface area contributed by atoms with Gasteiger partial charge < -0.3 is 9.84 Å². The lowest BCUT2D eigenvalue weighted by atomic mass is 10.1. The molecule has 0 spiro atoms. The summed E-state index contributed by atoms with van der Waals surface area (Å²) in [5.74, 6) is -0.234. The number of hydrogen-bond donors (Lipinski definition) is 1. The molecule has 5 nitrogen and oxygen atoms in total. The highest BCUT2D eigenvalue weighted by atomic mass is 32.2. The van der Waals surface area contributed by atoms with Gasteiger partial charge in [-0.15, -0.1) is 0 Å². The Labute approximate surface area is 181 Å². The minimum atomic E-state index is -3.58. The lowest BCUT2D eigenvalue weighted by molar-refractivity contribution is -0.138. The van der Waals surface area contributed by atoms with E-state index in [2.05, 4.69) is 0 Å². The zero-order chi connectivity index (χ0) is 21.6. The molecule has 0 heterocycles. The number of sulfone groups is 1. The third kappa shape index (κ3) is 3.61. The van der Waals surface area contributed by atoms with E-state index in [4.69, 9.17) is 9.84 Å². The Morgan fingerprint density at radius 2 is 1.68 bits per heavy atom. The molecular formula is C25H22O5S. The summed E-state index contributed by atoms with van der Waals surface area (Å²) in [6, 6.07) is 21.5. The highest BCUT2D eigenvalue weighted by Gasteiger charge is 2.44. The molecule has 2 unspecified atom stereocenters.